The Kier molecular flexibility index (Phi) is 4.56. The molecule has 1 heterocycles. The predicted octanol–water partition coefficient (Wildman–Crippen LogP) is 3.58. The van der Waals surface area contributed by atoms with Crippen molar-refractivity contribution in [1.29, 1.82) is 0 Å². The van der Waals surface area contributed by atoms with Gasteiger partial charge in [0.15, 0.2) is 5.13 Å². The molecule has 2 amide bonds. The molecule has 5 rings (SSSR count). The van der Waals surface area contributed by atoms with Crippen LogP contribution in [0.5, 0.6) is 0 Å². The molecular weight excluding hydrogens is 334 g/mol. The first kappa shape index (κ1) is 17.0. The van der Waals surface area contributed by atoms with E-state index in [0.29, 0.717) is 10.5 Å². The first-order valence-corrected chi connectivity index (χ1v) is 10.4. The third kappa shape index (κ3) is 3.59. The molecule has 2 N–H and O–H groups in total. The van der Waals surface area contributed by atoms with E-state index in [1.54, 1.807) is 6.20 Å². The van der Waals surface area contributed by atoms with Crippen molar-refractivity contribution in [2.45, 2.75) is 64.3 Å². The van der Waals surface area contributed by atoms with Gasteiger partial charge in [0, 0.05) is 30.5 Å². The molecule has 0 radical (unpaired) electrons. The van der Waals surface area contributed by atoms with Crippen LogP contribution in [0.2, 0.25) is 0 Å². The highest BCUT2D eigenvalue weighted by Gasteiger charge is 2.53. The van der Waals surface area contributed by atoms with Gasteiger partial charge < -0.3 is 10.6 Å². The summed E-state index contributed by atoms with van der Waals surface area (Å²) in [5.74, 6) is 2.50. The third-order valence-corrected chi connectivity index (χ3v) is 7.33. The number of nitrogens with one attached hydrogen (secondary N) is 2. The van der Waals surface area contributed by atoms with Gasteiger partial charge in [-0.2, -0.15) is 0 Å². The van der Waals surface area contributed by atoms with Crippen LogP contribution in [0, 0.1) is 23.2 Å². The summed E-state index contributed by atoms with van der Waals surface area (Å²) in [6, 6.07) is 0.218. The second-order valence-corrected chi connectivity index (χ2v) is 9.35. The number of hydrogen-bond acceptors (Lipinski definition) is 4. The van der Waals surface area contributed by atoms with Gasteiger partial charge in [-0.1, -0.05) is 0 Å². The highest BCUT2D eigenvalue weighted by atomic mass is 32.1. The number of nitrogens with zero attached hydrogens (tertiary/aromatic N) is 1. The number of aromatic nitrogens is 1. The minimum atomic E-state index is -0.146. The Morgan fingerprint density at radius 1 is 1.16 bits per heavy atom. The van der Waals surface area contributed by atoms with Crippen molar-refractivity contribution in [2.75, 3.05) is 5.32 Å². The second kappa shape index (κ2) is 6.71. The molecule has 1 atom stereocenters. The van der Waals surface area contributed by atoms with Crippen molar-refractivity contribution < 1.29 is 9.59 Å². The van der Waals surface area contributed by atoms with Crippen molar-refractivity contribution in [3.8, 4) is 0 Å². The average Bonchev–Trinajstić information content (AvgIpc) is 3.04. The summed E-state index contributed by atoms with van der Waals surface area (Å²) in [7, 11) is 0. The topological polar surface area (TPSA) is 71.1 Å². The van der Waals surface area contributed by atoms with Crippen molar-refractivity contribution in [3.05, 3.63) is 11.6 Å². The van der Waals surface area contributed by atoms with Crippen LogP contribution in [-0.2, 0) is 9.59 Å². The summed E-state index contributed by atoms with van der Waals surface area (Å²) in [5, 5.41) is 8.35. The molecule has 136 valence electrons. The normalized spacial score (nSPS) is 33.9. The predicted molar refractivity (Wildman–Crippen MR) is 98.2 cm³/mol. The zero-order chi connectivity index (χ0) is 17.4. The van der Waals surface area contributed by atoms with E-state index in [1.165, 1.54) is 49.9 Å². The Morgan fingerprint density at radius 3 is 2.32 bits per heavy atom. The Labute approximate surface area is 153 Å². The van der Waals surface area contributed by atoms with Gasteiger partial charge in [0.2, 0.25) is 11.8 Å². The van der Waals surface area contributed by atoms with E-state index in [9.17, 15) is 9.59 Å². The zero-order valence-electron chi connectivity index (χ0n) is 14.8. The molecule has 0 spiro atoms. The van der Waals surface area contributed by atoms with Gasteiger partial charge in [-0.15, -0.1) is 11.3 Å². The summed E-state index contributed by atoms with van der Waals surface area (Å²) in [6.45, 7) is 2.18. The Morgan fingerprint density at radius 2 is 1.76 bits per heavy atom. The van der Waals surface area contributed by atoms with Crippen LogP contribution in [0.1, 0.15) is 58.3 Å². The maximum absolute atomic E-state index is 12.3. The molecule has 1 aromatic heterocycles. The summed E-state index contributed by atoms with van der Waals surface area (Å²) in [6.07, 6.45) is 10.2. The molecule has 4 aliphatic rings. The van der Waals surface area contributed by atoms with Crippen molar-refractivity contribution >= 4 is 28.3 Å². The molecule has 6 heteroatoms. The van der Waals surface area contributed by atoms with Gasteiger partial charge in [-0.3, -0.25) is 9.59 Å². The quantitative estimate of drug-likeness (QED) is 0.813. The zero-order valence-corrected chi connectivity index (χ0v) is 15.6. The molecule has 1 aromatic rings. The van der Waals surface area contributed by atoms with Crippen molar-refractivity contribution in [3.63, 3.8) is 0 Å². The van der Waals surface area contributed by atoms with E-state index in [-0.39, 0.29) is 30.7 Å². The fourth-order valence-electron chi connectivity index (χ4n) is 5.87. The number of anilines is 1. The first-order chi connectivity index (χ1) is 12.0. The molecule has 4 fully saturated rings. The average molecular weight is 362 g/mol. The van der Waals surface area contributed by atoms with Gasteiger partial charge in [0.1, 0.15) is 0 Å². The number of thiazole rings is 1. The van der Waals surface area contributed by atoms with E-state index >= 15 is 0 Å². The van der Waals surface area contributed by atoms with E-state index in [1.807, 2.05) is 5.38 Å². The van der Waals surface area contributed by atoms with Crippen LogP contribution in [0.25, 0.3) is 0 Å². The fourth-order valence-corrected chi connectivity index (χ4v) is 6.41. The summed E-state index contributed by atoms with van der Waals surface area (Å²) < 4.78 is 0. The molecule has 0 aromatic carbocycles. The molecule has 0 saturated heterocycles. The molecule has 4 saturated carbocycles. The van der Waals surface area contributed by atoms with Crippen LogP contribution in [0.15, 0.2) is 11.6 Å². The van der Waals surface area contributed by atoms with Gasteiger partial charge in [0.25, 0.3) is 0 Å². The van der Waals surface area contributed by atoms with Crippen molar-refractivity contribution in [2.24, 2.45) is 23.2 Å². The lowest BCUT2D eigenvalue weighted by molar-refractivity contribution is -0.128. The number of amides is 2. The highest BCUT2D eigenvalue weighted by molar-refractivity contribution is 7.13. The molecule has 0 aliphatic heterocycles. The summed E-state index contributed by atoms with van der Waals surface area (Å²) in [5.41, 5.74) is 0.313. The van der Waals surface area contributed by atoms with E-state index < -0.39 is 0 Å². The summed E-state index contributed by atoms with van der Waals surface area (Å²) in [4.78, 5) is 28.3. The second-order valence-electron chi connectivity index (χ2n) is 8.45. The SMILES string of the molecule is CC(NC(=O)CCC(=O)Nc1nccs1)C12CC3CC(CC(C3)C1)C2. The Bertz CT molecular complexity index is 608. The Hall–Kier alpha value is -1.43. The van der Waals surface area contributed by atoms with E-state index in [0.717, 1.165) is 17.8 Å². The molecule has 4 aliphatic carbocycles. The maximum Gasteiger partial charge on any atom is 0.226 e. The smallest absolute Gasteiger partial charge is 0.226 e. The molecule has 5 nitrogen and oxygen atoms in total. The van der Waals surface area contributed by atoms with Gasteiger partial charge in [0.05, 0.1) is 0 Å². The molecular formula is C19H27N3O2S. The molecule has 1 unspecified atom stereocenters. The number of rotatable bonds is 6. The minimum Gasteiger partial charge on any atom is -0.353 e. The molecule has 25 heavy (non-hydrogen) atoms. The number of hydrogen-bond donors (Lipinski definition) is 2. The lowest BCUT2D eigenvalue weighted by Gasteiger charge is -2.59. The monoisotopic (exact) mass is 361 g/mol. The van der Waals surface area contributed by atoms with Crippen LogP contribution in [-0.4, -0.2) is 22.8 Å². The van der Waals surface area contributed by atoms with Crippen LogP contribution >= 0.6 is 11.3 Å². The Balaban J connectivity index is 1.27. The maximum atomic E-state index is 12.3. The van der Waals surface area contributed by atoms with Crippen LogP contribution < -0.4 is 10.6 Å². The van der Waals surface area contributed by atoms with Crippen molar-refractivity contribution in [1.82, 2.24) is 10.3 Å². The van der Waals surface area contributed by atoms with Crippen LogP contribution in [0.4, 0.5) is 5.13 Å². The minimum absolute atomic E-state index is 0.00228. The highest BCUT2D eigenvalue weighted by Crippen LogP contribution is 2.61. The van der Waals surface area contributed by atoms with E-state index in [4.69, 9.17) is 0 Å². The largest absolute Gasteiger partial charge is 0.353 e. The summed E-state index contributed by atoms with van der Waals surface area (Å²) >= 11 is 1.38. The fraction of sp³-hybridized carbons (Fsp3) is 0.737. The lowest BCUT2D eigenvalue weighted by Crippen LogP contribution is -2.55. The number of carbonyl (C=O) groups is 2. The standard InChI is InChI=1S/C19H27N3O2S/c1-12(19-9-13-6-14(10-19)8-15(7-13)11-19)21-16(23)2-3-17(24)22-18-20-4-5-25-18/h4-5,12-15H,2-3,6-11H2,1H3,(H,21,23)(H,20,22,24). The first-order valence-electron chi connectivity index (χ1n) is 9.51. The van der Waals surface area contributed by atoms with Gasteiger partial charge >= 0.3 is 0 Å². The van der Waals surface area contributed by atoms with Gasteiger partial charge in [-0.05, 0) is 68.6 Å². The van der Waals surface area contributed by atoms with Gasteiger partial charge in [-0.25, -0.2) is 4.98 Å². The van der Waals surface area contributed by atoms with Crippen LogP contribution in [0.3, 0.4) is 0 Å². The van der Waals surface area contributed by atoms with E-state index in [2.05, 4.69) is 22.5 Å². The number of carbonyl (C=O) groups excluding carboxylic acids is 2. The lowest BCUT2D eigenvalue weighted by atomic mass is 9.48. The molecule has 4 bridgehead atoms. The third-order valence-electron chi connectivity index (χ3n) is 6.64.